The molecule has 0 N–H and O–H groups in total. The molecule has 0 aromatic heterocycles. The van der Waals surface area contributed by atoms with Gasteiger partial charge < -0.3 is 9.47 Å². The maximum Gasteiger partial charge on any atom is 0.0695 e. The molecule has 0 radical (unpaired) electrons. The minimum atomic E-state index is 0.0748. The summed E-state index contributed by atoms with van der Waals surface area (Å²) in [7, 11) is 0. The lowest BCUT2D eigenvalue weighted by molar-refractivity contribution is 0.00258. The van der Waals surface area contributed by atoms with Crippen LogP contribution in [0.3, 0.4) is 0 Å². The van der Waals surface area contributed by atoms with Gasteiger partial charge in [0.1, 0.15) is 0 Å². The molecule has 0 aromatic carbocycles. The van der Waals surface area contributed by atoms with E-state index in [0.717, 1.165) is 36.9 Å². The van der Waals surface area contributed by atoms with Crippen molar-refractivity contribution in [3.63, 3.8) is 0 Å². The lowest BCUT2D eigenvalue weighted by Crippen LogP contribution is -2.36. The molecular formula is C24H40O2. The molecular weight excluding hydrogens is 320 g/mol. The first kappa shape index (κ1) is 20.1. The number of fused-ring (bicyclic) bond motifs is 2. The van der Waals surface area contributed by atoms with Gasteiger partial charge in [0, 0.05) is 5.92 Å². The largest absolute Gasteiger partial charge is 0.375 e. The molecule has 4 aliphatic rings. The Labute approximate surface area is 161 Å². The SMILES string of the molecule is CC1=CC(C)C2C(COC2(C)C)C1.CC1=CC(C)CC2COC(C)(C)C12. The van der Waals surface area contributed by atoms with Gasteiger partial charge in [0.15, 0.2) is 0 Å². The van der Waals surface area contributed by atoms with E-state index in [1.165, 1.54) is 12.8 Å². The summed E-state index contributed by atoms with van der Waals surface area (Å²) < 4.78 is 11.7. The first-order valence-electron chi connectivity index (χ1n) is 10.6. The quantitative estimate of drug-likeness (QED) is 0.491. The highest BCUT2D eigenvalue weighted by Gasteiger charge is 2.47. The Balaban J connectivity index is 0.000000151. The lowest BCUT2D eigenvalue weighted by atomic mass is 9.69. The van der Waals surface area contributed by atoms with E-state index in [0.29, 0.717) is 11.8 Å². The summed E-state index contributed by atoms with van der Waals surface area (Å²) in [6, 6.07) is 0. The van der Waals surface area contributed by atoms with E-state index in [-0.39, 0.29) is 11.2 Å². The molecule has 6 atom stereocenters. The molecule has 0 saturated carbocycles. The van der Waals surface area contributed by atoms with Gasteiger partial charge in [-0.05, 0) is 84.0 Å². The van der Waals surface area contributed by atoms with E-state index in [4.69, 9.17) is 9.47 Å². The third kappa shape index (κ3) is 3.83. The van der Waals surface area contributed by atoms with Crippen molar-refractivity contribution in [1.29, 1.82) is 0 Å². The van der Waals surface area contributed by atoms with Crippen LogP contribution in [-0.2, 0) is 9.47 Å². The molecule has 2 nitrogen and oxygen atoms in total. The standard InChI is InChI=1S/2C12H20O/c2*1-8-5-9(2)11-10(6-8)7-13-12(11,3)4/h5,9-11H,6-7H2,1-4H3;5,8,10-11H,6-7H2,1-4H3. The third-order valence-corrected chi connectivity index (χ3v) is 7.28. The van der Waals surface area contributed by atoms with Crippen molar-refractivity contribution in [2.24, 2.45) is 35.5 Å². The zero-order valence-corrected chi connectivity index (χ0v) is 18.3. The normalized spacial score (nSPS) is 42.8. The second-order valence-corrected chi connectivity index (χ2v) is 10.6. The van der Waals surface area contributed by atoms with E-state index >= 15 is 0 Å². The van der Waals surface area contributed by atoms with E-state index in [1.54, 1.807) is 11.1 Å². The van der Waals surface area contributed by atoms with Crippen LogP contribution in [0.25, 0.3) is 0 Å². The van der Waals surface area contributed by atoms with Crippen LogP contribution in [0.4, 0.5) is 0 Å². The zero-order chi connectivity index (χ0) is 19.3. The van der Waals surface area contributed by atoms with E-state index in [2.05, 4.69) is 67.5 Å². The van der Waals surface area contributed by atoms with Crippen LogP contribution in [0, 0.1) is 35.5 Å². The average Bonchev–Trinajstić information content (AvgIpc) is 2.96. The molecule has 2 fully saturated rings. The first-order chi connectivity index (χ1) is 12.0. The number of hydrogen-bond acceptors (Lipinski definition) is 2. The van der Waals surface area contributed by atoms with E-state index in [1.807, 2.05) is 0 Å². The van der Waals surface area contributed by atoms with Crippen molar-refractivity contribution >= 4 is 0 Å². The van der Waals surface area contributed by atoms with Gasteiger partial charge in [0.05, 0.1) is 24.4 Å². The zero-order valence-electron chi connectivity index (χ0n) is 18.3. The van der Waals surface area contributed by atoms with Crippen molar-refractivity contribution in [1.82, 2.24) is 0 Å². The Bertz CT molecular complexity index is 583. The van der Waals surface area contributed by atoms with Crippen molar-refractivity contribution < 1.29 is 9.47 Å². The van der Waals surface area contributed by atoms with Crippen molar-refractivity contribution in [3.8, 4) is 0 Å². The molecule has 2 heterocycles. The molecule has 4 rings (SSSR count). The number of ether oxygens (including phenoxy) is 2. The molecule has 2 heteroatoms. The summed E-state index contributed by atoms with van der Waals surface area (Å²) in [5.74, 6) is 4.39. The smallest absolute Gasteiger partial charge is 0.0695 e. The Kier molecular flexibility index (Phi) is 5.50. The van der Waals surface area contributed by atoms with Gasteiger partial charge in [-0.15, -0.1) is 0 Å². The van der Waals surface area contributed by atoms with Crippen molar-refractivity contribution in [2.75, 3.05) is 13.2 Å². The fourth-order valence-electron chi connectivity index (χ4n) is 6.67. The van der Waals surface area contributed by atoms with Crippen LogP contribution in [-0.4, -0.2) is 24.4 Å². The Hall–Kier alpha value is -0.600. The van der Waals surface area contributed by atoms with Gasteiger partial charge in [-0.1, -0.05) is 37.1 Å². The molecule has 26 heavy (non-hydrogen) atoms. The fourth-order valence-corrected chi connectivity index (χ4v) is 6.67. The highest BCUT2D eigenvalue weighted by Crippen LogP contribution is 2.47. The maximum absolute atomic E-state index is 5.87. The topological polar surface area (TPSA) is 18.5 Å². The van der Waals surface area contributed by atoms with Gasteiger partial charge >= 0.3 is 0 Å². The monoisotopic (exact) mass is 360 g/mol. The van der Waals surface area contributed by atoms with Crippen molar-refractivity contribution in [3.05, 3.63) is 23.3 Å². The van der Waals surface area contributed by atoms with E-state index in [9.17, 15) is 0 Å². The fraction of sp³-hybridized carbons (Fsp3) is 0.833. The van der Waals surface area contributed by atoms with Gasteiger partial charge in [-0.25, -0.2) is 0 Å². The first-order valence-corrected chi connectivity index (χ1v) is 10.6. The van der Waals surface area contributed by atoms with Crippen LogP contribution in [0.1, 0.15) is 68.2 Å². The minimum Gasteiger partial charge on any atom is -0.375 e. The summed E-state index contributed by atoms with van der Waals surface area (Å²) in [4.78, 5) is 0. The Morgan fingerprint density at radius 1 is 0.885 bits per heavy atom. The lowest BCUT2D eigenvalue weighted by Gasteiger charge is -2.35. The number of rotatable bonds is 0. The minimum absolute atomic E-state index is 0.0748. The van der Waals surface area contributed by atoms with Crippen LogP contribution in [0.5, 0.6) is 0 Å². The number of allylic oxidation sites excluding steroid dienone is 3. The van der Waals surface area contributed by atoms with Gasteiger partial charge in [0.25, 0.3) is 0 Å². The Morgan fingerprint density at radius 3 is 2.19 bits per heavy atom. The molecule has 2 saturated heterocycles. The van der Waals surface area contributed by atoms with Crippen LogP contribution < -0.4 is 0 Å². The molecule has 0 amide bonds. The summed E-state index contributed by atoms with van der Waals surface area (Å²) in [6.45, 7) is 20.0. The number of hydrogen-bond donors (Lipinski definition) is 0. The van der Waals surface area contributed by atoms with Crippen LogP contribution >= 0.6 is 0 Å². The third-order valence-electron chi connectivity index (χ3n) is 7.28. The molecule has 2 aliphatic carbocycles. The second-order valence-electron chi connectivity index (χ2n) is 10.6. The average molecular weight is 361 g/mol. The van der Waals surface area contributed by atoms with E-state index < -0.39 is 0 Å². The van der Waals surface area contributed by atoms with Gasteiger partial charge in [-0.2, -0.15) is 0 Å². The predicted octanol–water partition coefficient (Wildman–Crippen LogP) is 6.03. The Morgan fingerprint density at radius 2 is 1.50 bits per heavy atom. The molecule has 2 aliphatic heterocycles. The maximum atomic E-state index is 5.87. The van der Waals surface area contributed by atoms with Gasteiger partial charge in [-0.3, -0.25) is 0 Å². The highest BCUT2D eigenvalue weighted by atomic mass is 16.5. The van der Waals surface area contributed by atoms with Crippen molar-refractivity contribution in [2.45, 2.75) is 79.4 Å². The highest BCUT2D eigenvalue weighted by molar-refractivity contribution is 5.18. The molecule has 0 spiro atoms. The summed E-state index contributed by atoms with van der Waals surface area (Å²) in [5.41, 5.74) is 3.27. The molecule has 6 unspecified atom stereocenters. The summed E-state index contributed by atoms with van der Waals surface area (Å²) >= 11 is 0. The van der Waals surface area contributed by atoms with Gasteiger partial charge in [0.2, 0.25) is 0 Å². The summed E-state index contributed by atoms with van der Waals surface area (Å²) in [5, 5.41) is 0. The molecule has 0 aromatic rings. The van der Waals surface area contributed by atoms with Crippen LogP contribution in [0.15, 0.2) is 23.3 Å². The molecule has 0 bridgehead atoms. The second kappa shape index (κ2) is 7.09. The molecule has 148 valence electrons. The predicted molar refractivity (Wildman–Crippen MR) is 109 cm³/mol. The summed E-state index contributed by atoms with van der Waals surface area (Å²) in [6.07, 6.45) is 7.42. The van der Waals surface area contributed by atoms with Crippen LogP contribution in [0.2, 0.25) is 0 Å².